The van der Waals surface area contributed by atoms with Gasteiger partial charge in [0.25, 0.3) is 0 Å². The van der Waals surface area contributed by atoms with E-state index in [1.807, 2.05) is 0 Å². The van der Waals surface area contributed by atoms with Gasteiger partial charge in [0.2, 0.25) is 0 Å². The minimum Gasteiger partial charge on any atom is -0.385 e. The third kappa shape index (κ3) is 2.11. The number of aliphatic hydroxyl groups is 1. The number of hydrogen-bond donors (Lipinski definition) is 2. The number of nitrogens with one attached hydrogen (secondary N) is 1. The van der Waals surface area contributed by atoms with Gasteiger partial charge in [-0.3, -0.25) is 0 Å². The Morgan fingerprint density at radius 1 is 1.47 bits per heavy atom. The van der Waals surface area contributed by atoms with Gasteiger partial charge >= 0.3 is 0 Å². The molecule has 1 aliphatic rings. The van der Waals surface area contributed by atoms with E-state index in [1.54, 1.807) is 6.92 Å². The predicted molar refractivity (Wildman–Crippen MR) is 64.6 cm³/mol. The molecule has 2 unspecified atom stereocenters. The predicted octanol–water partition coefficient (Wildman–Crippen LogP) is 2.54. The topological polar surface area (TPSA) is 32.3 Å². The van der Waals surface area contributed by atoms with Crippen molar-refractivity contribution < 1.29 is 13.9 Å². The van der Waals surface area contributed by atoms with Crippen LogP contribution in [-0.4, -0.2) is 18.2 Å². The molecule has 2 rings (SSSR count). The minimum atomic E-state index is -1.44. The molecule has 1 aromatic rings. The van der Waals surface area contributed by atoms with Gasteiger partial charge in [-0.05, 0) is 41.0 Å². The van der Waals surface area contributed by atoms with Crippen LogP contribution in [0.15, 0.2) is 16.6 Å². The van der Waals surface area contributed by atoms with Crippen molar-refractivity contribution in [1.29, 1.82) is 0 Å². The molecule has 1 saturated heterocycles. The van der Waals surface area contributed by atoms with Crippen LogP contribution in [0.25, 0.3) is 0 Å². The van der Waals surface area contributed by atoms with Crippen LogP contribution in [0.3, 0.4) is 0 Å². The van der Waals surface area contributed by atoms with Crippen LogP contribution in [0.4, 0.5) is 8.78 Å². The maximum Gasteiger partial charge on any atom is 0.146 e. The van der Waals surface area contributed by atoms with Gasteiger partial charge in [0.1, 0.15) is 17.2 Å². The molecular formula is C12H14BrF2NO. The maximum absolute atomic E-state index is 14.0. The van der Waals surface area contributed by atoms with Crippen molar-refractivity contribution >= 4 is 15.9 Å². The van der Waals surface area contributed by atoms with Crippen molar-refractivity contribution in [2.45, 2.75) is 18.9 Å². The molecule has 2 atom stereocenters. The number of rotatable bonds is 1. The Kier molecular flexibility index (Phi) is 3.52. The summed E-state index contributed by atoms with van der Waals surface area (Å²) in [5, 5.41) is 13.7. The largest absolute Gasteiger partial charge is 0.385 e. The molecule has 0 aromatic heterocycles. The van der Waals surface area contributed by atoms with Crippen molar-refractivity contribution in [3.05, 3.63) is 33.8 Å². The highest BCUT2D eigenvalue weighted by atomic mass is 79.9. The van der Waals surface area contributed by atoms with Gasteiger partial charge < -0.3 is 10.4 Å². The third-order valence-corrected chi connectivity index (χ3v) is 4.04. The lowest BCUT2D eigenvalue weighted by molar-refractivity contribution is -0.0449. The average molecular weight is 306 g/mol. The van der Waals surface area contributed by atoms with Crippen molar-refractivity contribution in [2.24, 2.45) is 5.92 Å². The van der Waals surface area contributed by atoms with Crippen LogP contribution in [0.2, 0.25) is 0 Å². The lowest BCUT2D eigenvalue weighted by Crippen LogP contribution is -2.47. The first kappa shape index (κ1) is 12.9. The Morgan fingerprint density at radius 2 is 2.18 bits per heavy atom. The van der Waals surface area contributed by atoms with Crippen LogP contribution in [0.1, 0.15) is 18.9 Å². The Balaban J connectivity index is 2.55. The first-order valence-corrected chi connectivity index (χ1v) is 6.33. The molecule has 1 aromatic carbocycles. The fourth-order valence-corrected chi connectivity index (χ4v) is 2.64. The number of halogens is 3. The molecule has 0 aliphatic carbocycles. The molecule has 5 heteroatoms. The van der Waals surface area contributed by atoms with Gasteiger partial charge in [-0.15, -0.1) is 0 Å². The van der Waals surface area contributed by atoms with Gasteiger partial charge in [0, 0.05) is 12.5 Å². The first-order chi connectivity index (χ1) is 7.97. The molecular weight excluding hydrogens is 292 g/mol. The molecule has 0 amide bonds. The molecule has 0 spiro atoms. The van der Waals surface area contributed by atoms with Gasteiger partial charge in [-0.25, -0.2) is 8.78 Å². The molecule has 2 N–H and O–H groups in total. The molecule has 17 heavy (non-hydrogen) atoms. The standard InChI is InChI=1S/C12H14BrF2NO/c1-7-6-16-5-4-12(7,17)10-9(14)3-2-8(13)11(10)15/h2-3,7,16-17H,4-6H2,1H3. The highest BCUT2D eigenvalue weighted by molar-refractivity contribution is 9.10. The van der Waals surface area contributed by atoms with E-state index < -0.39 is 17.2 Å². The Bertz CT molecular complexity index is 441. The van der Waals surface area contributed by atoms with Gasteiger partial charge in [0.15, 0.2) is 0 Å². The van der Waals surface area contributed by atoms with Crippen LogP contribution in [-0.2, 0) is 5.60 Å². The molecule has 1 heterocycles. The van der Waals surface area contributed by atoms with Crippen molar-refractivity contribution in [1.82, 2.24) is 5.32 Å². The Labute approximate surface area is 107 Å². The van der Waals surface area contributed by atoms with E-state index in [-0.39, 0.29) is 16.0 Å². The quantitative estimate of drug-likeness (QED) is 0.782. The molecule has 2 nitrogen and oxygen atoms in total. The molecule has 94 valence electrons. The summed E-state index contributed by atoms with van der Waals surface area (Å²) in [5.41, 5.74) is -1.66. The van der Waals surface area contributed by atoms with E-state index in [1.165, 1.54) is 12.1 Å². The highest BCUT2D eigenvalue weighted by Gasteiger charge is 2.42. The van der Waals surface area contributed by atoms with E-state index >= 15 is 0 Å². The summed E-state index contributed by atoms with van der Waals surface area (Å²) in [5.74, 6) is -1.64. The zero-order valence-electron chi connectivity index (χ0n) is 9.43. The third-order valence-electron chi connectivity index (χ3n) is 3.43. The van der Waals surface area contributed by atoms with Crippen LogP contribution in [0.5, 0.6) is 0 Å². The maximum atomic E-state index is 14.0. The van der Waals surface area contributed by atoms with Crippen molar-refractivity contribution in [2.75, 3.05) is 13.1 Å². The van der Waals surface area contributed by atoms with E-state index in [9.17, 15) is 13.9 Å². The summed E-state index contributed by atoms with van der Waals surface area (Å²) >= 11 is 3.02. The highest BCUT2D eigenvalue weighted by Crippen LogP contribution is 2.39. The number of hydrogen-bond acceptors (Lipinski definition) is 2. The smallest absolute Gasteiger partial charge is 0.146 e. The summed E-state index contributed by atoms with van der Waals surface area (Å²) < 4.78 is 28.0. The van der Waals surface area contributed by atoms with E-state index in [0.29, 0.717) is 19.5 Å². The monoisotopic (exact) mass is 305 g/mol. The van der Waals surface area contributed by atoms with Crippen molar-refractivity contribution in [3.63, 3.8) is 0 Å². The Morgan fingerprint density at radius 3 is 2.82 bits per heavy atom. The zero-order chi connectivity index (χ0) is 12.6. The molecule has 0 bridgehead atoms. The normalized spacial score (nSPS) is 29.4. The fraction of sp³-hybridized carbons (Fsp3) is 0.500. The molecule has 1 aliphatic heterocycles. The average Bonchev–Trinajstić information content (AvgIpc) is 2.28. The van der Waals surface area contributed by atoms with E-state index in [4.69, 9.17) is 0 Å². The second-order valence-electron chi connectivity index (χ2n) is 4.50. The van der Waals surface area contributed by atoms with Gasteiger partial charge in [0.05, 0.1) is 10.0 Å². The lowest BCUT2D eigenvalue weighted by atomic mass is 9.77. The molecule has 0 saturated carbocycles. The number of piperidine rings is 1. The second kappa shape index (κ2) is 4.63. The summed E-state index contributed by atoms with van der Waals surface area (Å²) in [7, 11) is 0. The zero-order valence-corrected chi connectivity index (χ0v) is 11.0. The minimum absolute atomic E-state index is 0.174. The summed E-state index contributed by atoms with van der Waals surface area (Å²) in [6.45, 7) is 2.88. The second-order valence-corrected chi connectivity index (χ2v) is 5.35. The summed E-state index contributed by atoms with van der Waals surface area (Å²) in [6, 6.07) is 2.48. The molecule has 1 fully saturated rings. The van der Waals surface area contributed by atoms with Crippen LogP contribution < -0.4 is 5.32 Å². The van der Waals surface area contributed by atoms with E-state index in [2.05, 4.69) is 21.2 Å². The SMILES string of the molecule is CC1CNCCC1(O)c1c(F)ccc(Br)c1F. The van der Waals surface area contributed by atoms with Crippen molar-refractivity contribution in [3.8, 4) is 0 Å². The van der Waals surface area contributed by atoms with Crippen LogP contribution >= 0.6 is 15.9 Å². The first-order valence-electron chi connectivity index (χ1n) is 5.54. The summed E-state index contributed by atoms with van der Waals surface area (Å²) in [6.07, 6.45) is 0.304. The summed E-state index contributed by atoms with van der Waals surface area (Å²) in [4.78, 5) is 0. The van der Waals surface area contributed by atoms with Gasteiger partial charge in [-0.1, -0.05) is 6.92 Å². The van der Waals surface area contributed by atoms with Gasteiger partial charge in [-0.2, -0.15) is 0 Å². The fourth-order valence-electron chi connectivity index (χ4n) is 2.31. The Hall–Kier alpha value is -0.520. The lowest BCUT2D eigenvalue weighted by Gasteiger charge is -2.39. The number of benzene rings is 1. The van der Waals surface area contributed by atoms with Crippen LogP contribution in [0, 0.1) is 17.6 Å². The van der Waals surface area contributed by atoms with E-state index in [0.717, 1.165) is 0 Å². The molecule has 0 radical (unpaired) electrons.